The minimum Gasteiger partial charge on any atom is -0.493 e. The third kappa shape index (κ3) is 5.39. The molecule has 0 aliphatic carbocycles. The second kappa shape index (κ2) is 9.31. The van der Waals surface area contributed by atoms with Crippen LogP contribution in [0.5, 0.6) is 17.2 Å². The van der Waals surface area contributed by atoms with Crippen molar-refractivity contribution >= 4 is 5.91 Å². The second-order valence-electron chi connectivity index (χ2n) is 6.89. The molecule has 144 valence electrons. The number of hydrogen-bond donors (Lipinski definition) is 0. The molecule has 0 radical (unpaired) electrons. The van der Waals surface area contributed by atoms with Crippen molar-refractivity contribution in [2.24, 2.45) is 5.92 Å². The number of benzene rings is 2. The van der Waals surface area contributed by atoms with Crippen LogP contribution in [0.25, 0.3) is 0 Å². The maximum absolute atomic E-state index is 12.4. The lowest BCUT2D eigenvalue weighted by Gasteiger charge is -2.31. The van der Waals surface area contributed by atoms with Crippen molar-refractivity contribution in [3.63, 3.8) is 0 Å². The summed E-state index contributed by atoms with van der Waals surface area (Å²) < 4.78 is 16.8. The maximum Gasteiger partial charge on any atom is 0.260 e. The third-order valence-electron chi connectivity index (χ3n) is 4.89. The number of piperidine rings is 1. The van der Waals surface area contributed by atoms with Gasteiger partial charge >= 0.3 is 0 Å². The van der Waals surface area contributed by atoms with Gasteiger partial charge in [-0.3, -0.25) is 4.79 Å². The van der Waals surface area contributed by atoms with Gasteiger partial charge in [0.05, 0.1) is 13.7 Å². The molecule has 5 nitrogen and oxygen atoms in total. The van der Waals surface area contributed by atoms with Crippen LogP contribution in [0.4, 0.5) is 0 Å². The minimum absolute atomic E-state index is 0.0128. The Morgan fingerprint density at radius 3 is 2.33 bits per heavy atom. The fourth-order valence-electron chi connectivity index (χ4n) is 3.17. The Bertz CT molecular complexity index is 736. The van der Waals surface area contributed by atoms with E-state index in [-0.39, 0.29) is 12.5 Å². The van der Waals surface area contributed by atoms with Crippen molar-refractivity contribution in [3.05, 3.63) is 54.1 Å². The molecule has 0 N–H and O–H groups in total. The molecule has 1 aliphatic rings. The monoisotopic (exact) mass is 369 g/mol. The summed E-state index contributed by atoms with van der Waals surface area (Å²) in [5, 5.41) is 0. The van der Waals surface area contributed by atoms with E-state index in [9.17, 15) is 4.79 Å². The number of para-hydroxylation sites is 2. The first-order valence-corrected chi connectivity index (χ1v) is 9.39. The molecule has 0 spiro atoms. The van der Waals surface area contributed by atoms with Gasteiger partial charge in [-0.1, -0.05) is 29.8 Å². The molecule has 0 saturated carbocycles. The highest BCUT2D eigenvalue weighted by Crippen LogP contribution is 2.26. The van der Waals surface area contributed by atoms with Crippen molar-refractivity contribution in [3.8, 4) is 17.2 Å². The van der Waals surface area contributed by atoms with Gasteiger partial charge in [-0.2, -0.15) is 0 Å². The molecule has 0 aromatic heterocycles. The van der Waals surface area contributed by atoms with Gasteiger partial charge in [-0.15, -0.1) is 0 Å². The van der Waals surface area contributed by atoms with Crippen molar-refractivity contribution in [1.82, 2.24) is 4.90 Å². The molecule has 0 unspecified atom stereocenters. The molecule has 0 atom stereocenters. The lowest BCUT2D eigenvalue weighted by molar-refractivity contribution is -0.134. The molecule has 1 heterocycles. The van der Waals surface area contributed by atoms with Gasteiger partial charge in [0.2, 0.25) is 0 Å². The quantitative estimate of drug-likeness (QED) is 0.747. The molecule has 1 aliphatic heterocycles. The Hall–Kier alpha value is -2.69. The van der Waals surface area contributed by atoms with Crippen molar-refractivity contribution in [1.29, 1.82) is 0 Å². The van der Waals surface area contributed by atoms with Crippen LogP contribution in [0.3, 0.4) is 0 Å². The van der Waals surface area contributed by atoms with Gasteiger partial charge in [0.1, 0.15) is 5.75 Å². The highest BCUT2D eigenvalue weighted by Gasteiger charge is 2.23. The summed E-state index contributed by atoms with van der Waals surface area (Å²) in [7, 11) is 1.59. The topological polar surface area (TPSA) is 48.0 Å². The fraction of sp³-hybridized carbons (Fsp3) is 0.409. The summed E-state index contributed by atoms with van der Waals surface area (Å²) in [6.07, 6.45) is 1.90. The molecule has 1 fully saturated rings. The normalized spacial score (nSPS) is 14.7. The zero-order chi connectivity index (χ0) is 19.1. The Kier molecular flexibility index (Phi) is 6.58. The molecular formula is C22H27NO4. The number of amides is 1. The lowest BCUT2D eigenvalue weighted by atomic mass is 9.98. The number of hydrogen-bond acceptors (Lipinski definition) is 4. The van der Waals surface area contributed by atoms with Crippen LogP contribution in [-0.4, -0.2) is 44.2 Å². The van der Waals surface area contributed by atoms with E-state index in [2.05, 4.69) is 19.1 Å². The average Bonchev–Trinajstić information content (AvgIpc) is 2.72. The number of likely N-dealkylation sites (tertiary alicyclic amines) is 1. The second-order valence-corrected chi connectivity index (χ2v) is 6.89. The molecule has 2 aromatic rings. The molecule has 3 rings (SSSR count). The average molecular weight is 369 g/mol. The molecule has 5 heteroatoms. The Morgan fingerprint density at radius 1 is 1.00 bits per heavy atom. The predicted molar refractivity (Wildman–Crippen MR) is 104 cm³/mol. The zero-order valence-corrected chi connectivity index (χ0v) is 16.0. The third-order valence-corrected chi connectivity index (χ3v) is 4.89. The van der Waals surface area contributed by atoms with E-state index in [1.165, 1.54) is 5.56 Å². The molecule has 1 amide bonds. The highest BCUT2D eigenvalue weighted by molar-refractivity contribution is 5.78. The molecule has 0 bridgehead atoms. The summed E-state index contributed by atoms with van der Waals surface area (Å²) in [6.45, 7) is 4.29. The Labute approximate surface area is 160 Å². The van der Waals surface area contributed by atoms with Crippen LogP contribution in [-0.2, 0) is 4.79 Å². The number of ether oxygens (including phenoxy) is 3. The van der Waals surface area contributed by atoms with Gasteiger partial charge in [-0.25, -0.2) is 0 Å². The van der Waals surface area contributed by atoms with Crippen molar-refractivity contribution < 1.29 is 19.0 Å². The van der Waals surface area contributed by atoms with E-state index in [4.69, 9.17) is 14.2 Å². The van der Waals surface area contributed by atoms with E-state index in [1.807, 2.05) is 35.2 Å². The van der Waals surface area contributed by atoms with Crippen LogP contribution < -0.4 is 14.2 Å². The number of carbonyl (C=O) groups excluding carboxylic acids is 1. The van der Waals surface area contributed by atoms with E-state index < -0.39 is 0 Å². The summed E-state index contributed by atoms with van der Waals surface area (Å²) in [6, 6.07) is 15.5. The molecule has 27 heavy (non-hydrogen) atoms. The number of nitrogens with zero attached hydrogens (tertiary/aromatic N) is 1. The minimum atomic E-state index is 0.0128. The standard InChI is InChI=1S/C22H27NO4/c1-17-7-9-19(10-8-17)26-15-18-11-13-23(14-12-18)22(24)16-27-21-6-4-3-5-20(21)25-2/h3-10,18H,11-16H2,1-2H3. The zero-order valence-electron chi connectivity index (χ0n) is 16.0. The van der Waals surface area contributed by atoms with Gasteiger partial charge in [0.25, 0.3) is 5.91 Å². The van der Waals surface area contributed by atoms with E-state index in [0.29, 0.717) is 24.0 Å². The van der Waals surface area contributed by atoms with Crippen LogP contribution in [0.2, 0.25) is 0 Å². The van der Waals surface area contributed by atoms with E-state index >= 15 is 0 Å². The van der Waals surface area contributed by atoms with Crippen molar-refractivity contribution in [2.45, 2.75) is 19.8 Å². The first-order chi connectivity index (χ1) is 13.2. The van der Waals surface area contributed by atoms with Crippen LogP contribution >= 0.6 is 0 Å². The van der Waals surface area contributed by atoms with Crippen LogP contribution in [0.15, 0.2) is 48.5 Å². The smallest absolute Gasteiger partial charge is 0.260 e. The van der Waals surface area contributed by atoms with E-state index in [1.54, 1.807) is 13.2 Å². The number of carbonyl (C=O) groups is 1. The summed E-state index contributed by atoms with van der Waals surface area (Å²) >= 11 is 0. The van der Waals surface area contributed by atoms with Crippen LogP contribution in [0, 0.1) is 12.8 Å². The molecule has 2 aromatic carbocycles. The largest absolute Gasteiger partial charge is 0.493 e. The Balaban J connectivity index is 1.40. The first-order valence-electron chi connectivity index (χ1n) is 9.39. The molecule has 1 saturated heterocycles. The lowest BCUT2D eigenvalue weighted by Crippen LogP contribution is -2.42. The van der Waals surface area contributed by atoms with Gasteiger partial charge < -0.3 is 19.1 Å². The fourth-order valence-corrected chi connectivity index (χ4v) is 3.17. The number of aryl methyl sites for hydroxylation is 1. The number of methoxy groups -OCH3 is 1. The summed E-state index contributed by atoms with van der Waals surface area (Å²) in [5.74, 6) is 2.63. The van der Waals surface area contributed by atoms with Crippen molar-refractivity contribution in [2.75, 3.05) is 33.4 Å². The van der Waals surface area contributed by atoms with E-state index in [0.717, 1.165) is 31.7 Å². The molecular weight excluding hydrogens is 342 g/mol. The SMILES string of the molecule is COc1ccccc1OCC(=O)N1CCC(COc2ccc(C)cc2)CC1. The first kappa shape index (κ1) is 19.1. The maximum atomic E-state index is 12.4. The van der Waals surface area contributed by atoms with Gasteiger partial charge in [0, 0.05) is 13.1 Å². The van der Waals surface area contributed by atoms with Crippen LogP contribution in [0.1, 0.15) is 18.4 Å². The Morgan fingerprint density at radius 2 is 1.67 bits per heavy atom. The highest BCUT2D eigenvalue weighted by atomic mass is 16.5. The summed E-state index contributed by atoms with van der Waals surface area (Å²) in [5.41, 5.74) is 1.23. The summed E-state index contributed by atoms with van der Waals surface area (Å²) in [4.78, 5) is 14.3. The van der Waals surface area contributed by atoms with Gasteiger partial charge in [0.15, 0.2) is 18.1 Å². The predicted octanol–water partition coefficient (Wildman–Crippen LogP) is 3.70. The number of rotatable bonds is 7. The van der Waals surface area contributed by atoms with Gasteiger partial charge in [-0.05, 0) is 49.9 Å².